The number of para-hydroxylation sites is 1. The minimum atomic E-state index is -0.530. The van der Waals surface area contributed by atoms with Gasteiger partial charge in [-0.3, -0.25) is 19.1 Å². The number of aliphatic hydroxyl groups is 1. The average molecular weight is 529 g/mol. The molecule has 37 heavy (non-hydrogen) atoms. The molecule has 0 aliphatic heterocycles. The molecule has 3 rings (SSSR count). The third-order valence-corrected chi connectivity index (χ3v) is 6.25. The topological polar surface area (TPSA) is 115 Å². The van der Waals surface area contributed by atoms with Gasteiger partial charge in [-0.1, -0.05) is 43.6 Å². The van der Waals surface area contributed by atoms with Crippen molar-refractivity contribution in [3.63, 3.8) is 0 Å². The van der Waals surface area contributed by atoms with E-state index in [0.29, 0.717) is 35.0 Å². The Morgan fingerprint density at radius 3 is 2.57 bits per heavy atom. The number of carbonyl (C=O) groups excluding carboxylic acids is 2. The standard InChI is InChI=1S/C27H33ClN4O5/c1-5-37-25-21(15-19(28)17-29-25)22(34)11-12-27(3,4)16-23(35)30-24-18(2)31(13-14-33)32(26(24)36)20-9-7-6-8-10-20/h6-10,15,17,33H,5,11-14,16H2,1-4H3,(H,30,35). The first-order valence-electron chi connectivity index (χ1n) is 12.2. The van der Waals surface area contributed by atoms with E-state index in [1.165, 1.54) is 10.9 Å². The maximum atomic E-state index is 13.2. The van der Waals surface area contributed by atoms with E-state index >= 15 is 0 Å². The van der Waals surface area contributed by atoms with Crippen molar-refractivity contribution in [1.29, 1.82) is 0 Å². The number of nitrogens with zero attached hydrogens (tertiary/aromatic N) is 3. The summed E-state index contributed by atoms with van der Waals surface area (Å²) in [7, 11) is 0. The fraction of sp³-hybridized carbons (Fsp3) is 0.407. The van der Waals surface area contributed by atoms with Gasteiger partial charge in [0.15, 0.2) is 5.78 Å². The summed E-state index contributed by atoms with van der Waals surface area (Å²) in [5.74, 6) is -0.266. The van der Waals surface area contributed by atoms with Crippen molar-refractivity contribution in [2.24, 2.45) is 5.41 Å². The Bertz CT molecular complexity index is 1310. The Morgan fingerprint density at radius 1 is 1.22 bits per heavy atom. The van der Waals surface area contributed by atoms with E-state index in [2.05, 4.69) is 10.3 Å². The van der Waals surface area contributed by atoms with Crippen LogP contribution in [0.25, 0.3) is 5.69 Å². The third-order valence-electron chi connectivity index (χ3n) is 6.04. The zero-order valence-corrected chi connectivity index (χ0v) is 22.3. The first-order chi connectivity index (χ1) is 17.6. The lowest BCUT2D eigenvalue weighted by molar-refractivity contribution is -0.118. The molecule has 1 aromatic carbocycles. The highest BCUT2D eigenvalue weighted by Gasteiger charge is 2.27. The van der Waals surface area contributed by atoms with Gasteiger partial charge in [0.1, 0.15) is 5.69 Å². The number of anilines is 1. The maximum absolute atomic E-state index is 13.2. The second-order valence-corrected chi connectivity index (χ2v) is 9.95. The molecule has 10 heteroatoms. The van der Waals surface area contributed by atoms with Crippen LogP contribution in [0.5, 0.6) is 5.88 Å². The van der Waals surface area contributed by atoms with E-state index in [4.69, 9.17) is 16.3 Å². The lowest BCUT2D eigenvalue weighted by atomic mass is 9.83. The summed E-state index contributed by atoms with van der Waals surface area (Å²) in [6.45, 7) is 7.72. The van der Waals surface area contributed by atoms with E-state index in [1.807, 2.05) is 32.0 Å². The molecule has 2 N–H and O–H groups in total. The molecular formula is C27H33ClN4O5. The van der Waals surface area contributed by atoms with Crippen LogP contribution in [0.4, 0.5) is 5.69 Å². The predicted octanol–water partition coefficient (Wildman–Crippen LogP) is 4.40. The van der Waals surface area contributed by atoms with Crippen LogP contribution in [0.1, 0.15) is 56.1 Å². The first-order valence-corrected chi connectivity index (χ1v) is 12.6. The highest BCUT2D eigenvalue weighted by molar-refractivity contribution is 6.30. The fourth-order valence-electron chi connectivity index (χ4n) is 4.15. The number of halogens is 1. The average Bonchev–Trinajstić information content (AvgIpc) is 3.08. The quantitative estimate of drug-likeness (QED) is 0.336. The molecule has 1 amide bonds. The summed E-state index contributed by atoms with van der Waals surface area (Å²) in [5.41, 5.74) is 0.747. The lowest BCUT2D eigenvalue weighted by Crippen LogP contribution is -2.27. The van der Waals surface area contributed by atoms with Gasteiger partial charge in [0.2, 0.25) is 11.8 Å². The minimum absolute atomic E-state index is 0.0990. The van der Waals surface area contributed by atoms with Gasteiger partial charge in [-0.05, 0) is 43.9 Å². The van der Waals surface area contributed by atoms with Gasteiger partial charge in [-0.2, -0.15) is 0 Å². The van der Waals surface area contributed by atoms with Crippen LogP contribution in [0, 0.1) is 12.3 Å². The number of aromatic nitrogens is 3. The number of hydrogen-bond donors (Lipinski definition) is 2. The van der Waals surface area contributed by atoms with Crippen LogP contribution in [-0.4, -0.2) is 44.4 Å². The van der Waals surface area contributed by atoms with Crippen molar-refractivity contribution < 1.29 is 19.4 Å². The number of benzene rings is 1. The van der Waals surface area contributed by atoms with Crippen molar-refractivity contribution in [1.82, 2.24) is 14.3 Å². The summed E-state index contributed by atoms with van der Waals surface area (Å²) in [6, 6.07) is 10.6. The summed E-state index contributed by atoms with van der Waals surface area (Å²) < 4.78 is 8.54. The van der Waals surface area contributed by atoms with E-state index in [-0.39, 0.29) is 54.8 Å². The molecule has 2 aromatic heterocycles. The smallest absolute Gasteiger partial charge is 0.295 e. The minimum Gasteiger partial charge on any atom is -0.477 e. The number of Topliss-reactive ketones (excluding diaryl/α,β-unsaturated/α-hetero) is 1. The SMILES string of the molecule is CCOc1ncc(Cl)cc1C(=O)CCC(C)(C)CC(=O)Nc1c(C)n(CCO)n(-c2ccccc2)c1=O. The second kappa shape index (κ2) is 12.2. The van der Waals surface area contributed by atoms with Crippen LogP contribution in [0.3, 0.4) is 0 Å². The normalized spacial score (nSPS) is 11.4. The number of nitrogens with one attached hydrogen (secondary N) is 1. The predicted molar refractivity (Wildman–Crippen MR) is 143 cm³/mol. The molecule has 9 nitrogen and oxygen atoms in total. The number of rotatable bonds is 12. The van der Waals surface area contributed by atoms with Gasteiger partial charge in [-0.25, -0.2) is 9.67 Å². The van der Waals surface area contributed by atoms with Crippen LogP contribution in [-0.2, 0) is 11.3 Å². The molecule has 0 aliphatic rings. The Kier molecular flexibility index (Phi) is 9.29. The molecular weight excluding hydrogens is 496 g/mol. The van der Waals surface area contributed by atoms with Crippen molar-refractivity contribution in [2.45, 2.75) is 53.5 Å². The van der Waals surface area contributed by atoms with Crippen LogP contribution in [0.15, 0.2) is 47.4 Å². The van der Waals surface area contributed by atoms with E-state index in [9.17, 15) is 19.5 Å². The number of ketones is 1. The molecule has 198 valence electrons. The van der Waals surface area contributed by atoms with Gasteiger partial charge in [-0.15, -0.1) is 0 Å². The largest absolute Gasteiger partial charge is 0.477 e. The zero-order chi connectivity index (χ0) is 27.2. The number of amides is 1. The fourth-order valence-corrected chi connectivity index (χ4v) is 4.31. The monoisotopic (exact) mass is 528 g/mol. The van der Waals surface area contributed by atoms with Gasteiger partial charge in [0.05, 0.1) is 41.7 Å². The second-order valence-electron chi connectivity index (χ2n) is 9.51. The van der Waals surface area contributed by atoms with Gasteiger partial charge >= 0.3 is 0 Å². The number of pyridine rings is 1. The van der Waals surface area contributed by atoms with Gasteiger partial charge in [0, 0.05) is 19.0 Å². The van der Waals surface area contributed by atoms with Crippen molar-refractivity contribution in [3.05, 3.63) is 69.2 Å². The highest BCUT2D eigenvalue weighted by Crippen LogP contribution is 2.30. The van der Waals surface area contributed by atoms with Crippen molar-refractivity contribution >= 4 is 29.0 Å². The number of carbonyl (C=O) groups is 2. The van der Waals surface area contributed by atoms with Crippen LogP contribution >= 0.6 is 11.6 Å². The number of hydrogen-bond acceptors (Lipinski definition) is 6. The molecule has 3 aromatic rings. The van der Waals surface area contributed by atoms with E-state index in [0.717, 1.165) is 0 Å². The number of aliphatic hydroxyl groups excluding tert-OH is 1. The van der Waals surface area contributed by atoms with Gasteiger partial charge < -0.3 is 15.2 Å². The molecule has 0 saturated heterocycles. The molecule has 2 heterocycles. The third kappa shape index (κ3) is 6.87. The molecule has 0 saturated carbocycles. The summed E-state index contributed by atoms with van der Waals surface area (Å²) >= 11 is 6.03. The van der Waals surface area contributed by atoms with Gasteiger partial charge in [0.25, 0.3) is 5.56 Å². The van der Waals surface area contributed by atoms with Crippen molar-refractivity contribution in [2.75, 3.05) is 18.5 Å². The van der Waals surface area contributed by atoms with Crippen LogP contribution < -0.4 is 15.6 Å². The molecule has 0 spiro atoms. The molecule has 0 bridgehead atoms. The summed E-state index contributed by atoms with van der Waals surface area (Å²) in [6.07, 6.45) is 2.13. The van der Waals surface area contributed by atoms with E-state index in [1.54, 1.807) is 36.7 Å². The summed E-state index contributed by atoms with van der Waals surface area (Å²) in [5, 5.41) is 12.6. The molecule has 0 aliphatic carbocycles. The lowest BCUT2D eigenvalue weighted by Gasteiger charge is -2.23. The molecule has 0 fully saturated rings. The Hall–Kier alpha value is -3.43. The van der Waals surface area contributed by atoms with E-state index < -0.39 is 5.41 Å². The Labute approximate surface area is 221 Å². The Morgan fingerprint density at radius 2 is 1.92 bits per heavy atom. The highest BCUT2D eigenvalue weighted by atomic mass is 35.5. The molecule has 0 radical (unpaired) electrons. The zero-order valence-electron chi connectivity index (χ0n) is 21.6. The molecule has 0 unspecified atom stereocenters. The first kappa shape index (κ1) is 28.1. The Balaban J connectivity index is 1.73. The number of ether oxygens (including phenoxy) is 1. The van der Waals surface area contributed by atoms with Crippen molar-refractivity contribution in [3.8, 4) is 11.6 Å². The summed E-state index contributed by atoms with van der Waals surface area (Å²) in [4.78, 5) is 43.2. The van der Waals surface area contributed by atoms with Crippen LogP contribution in [0.2, 0.25) is 5.02 Å². The molecule has 0 atom stereocenters. The maximum Gasteiger partial charge on any atom is 0.295 e.